The summed E-state index contributed by atoms with van der Waals surface area (Å²) in [5.41, 5.74) is 0. The second-order valence-electron chi connectivity index (χ2n) is 4.22. The van der Waals surface area contributed by atoms with E-state index in [0.29, 0.717) is 0 Å². The first-order chi connectivity index (χ1) is 9.51. The highest BCUT2D eigenvalue weighted by Crippen LogP contribution is 2.19. The Hall–Kier alpha value is -1.32. The van der Waals surface area contributed by atoms with Gasteiger partial charge in [0, 0.05) is 0 Å². The summed E-state index contributed by atoms with van der Waals surface area (Å²) < 4.78 is 14.7. The Morgan fingerprint density at radius 1 is 1.35 bits per heavy atom. The van der Waals surface area contributed by atoms with Gasteiger partial charge in [-0.2, -0.15) is 0 Å². The molecule has 4 atom stereocenters. The van der Waals surface area contributed by atoms with E-state index in [-0.39, 0.29) is 19.8 Å². The van der Waals surface area contributed by atoms with Crippen molar-refractivity contribution in [2.75, 3.05) is 26.4 Å². The third-order valence-corrected chi connectivity index (χ3v) is 2.58. The Morgan fingerprint density at radius 2 is 2.05 bits per heavy atom. The minimum atomic E-state index is -1.43. The van der Waals surface area contributed by atoms with Gasteiger partial charge in [0.1, 0.15) is 12.2 Å². The van der Waals surface area contributed by atoms with Crippen molar-refractivity contribution in [3.05, 3.63) is 12.7 Å². The maximum atomic E-state index is 11.5. The van der Waals surface area contributed by atoms with Crippen molar-refractivity contribution in [3.63, 3.8) is 0 Å². The van der Waals surface area contributed by atoms with Gasteiger partial charge in [0.15, 0.2) is 12.2 Å². The topological polar surface area (TPSA) is 123 Å². The molecule has 0 spiro atoms. The Morgan fingerprint density at radius 3 is 2.65 bits per heavy atom. The monoisotopic (exact) mass is 290 g/mol. The van der Waals surface area contributed by atoms with Crippen LogP contribution >= 0.6 is 0 Å². The molecule has 1 saturated heterocycles. The predicted octanol–water partition coefficient (Wildman–Crippen LogP) is -2.22. The van der Waals surface area contributed by atoms with E-state index in [1.165, 1.54) is 6.08 Å². The van der Waals surface area contributed by atoms with Crippen LogP contribution in [0.2, 0.25) is 0 Å². The molecule has 8 heteroatoms. The van der Waals surface area contributed by atoms with Crippen LogP contribution in [0.1, 0.15) is 0 Å². The number of carbonyl (C=O) groups excluding carboxylic acids is 2. The molecule has 0 saturated carbocycles. The average Bonchev–Trinajstić information content (AvgIpc) is 2.72. The molecule has 0 aromatic carbocycles. The van der Waals surface area contributed by atoms with Crippen molar-refractivity contribution in [1.82, 2.24) is 0 Å². The highest BCUT2D eigenvalue weighted by atomic mass is 16.6. The molecule has 0 aliphatic carbocycles. The first-order valence-corrected chi connectivity index (χ1v) is 6.03. The normalized spacial score (nSPS) is 25.4. The van der Waals surface area contributed by atoms with E-state index in [9.17, 15) is 19.8 Å². The summed E-state index contributed by atoms with van der Waals surface area (Å²) in [6, 6.07) is 0. The molecule has 1 aliphatic rings. The molecule has 3 N–H and O–H groups in total. The lowest BCUT2D eigenvalue weighted by atomic mass is 10.1. The van der Waals surface area contributed by atoms with Crippen LogP contribution in [0.15, 0.2) is 12.7 Å². The van der Waals surface area contributed by atoms with Gasteiger partial charge < -0.3 is 29.5 Å². The smallest absolute Gasteiger partial charge is 0.378 e. The zero-order valence-corrected chi connectivity index (χ0v) is 10.8. The Balaban J connectivity index is 2.48. The average molecular weight is 290 g/mol. The summed E-state index contributed by atoms with van der Waals surface area (Å²) in [6.45, 7) is 2.70. The first-order valence-electron chi connectivity index (χ1n) is 6.03. The summed E-state index contributed by atoms with van der Waals surface area (Å²) in [7, 11) is 0. The van der Waals surface area contributed by atoms with Crippen molar-refractivity contribution in [1.29, 1.82) is 0 Å². The summed E-state index contributed by atoms with van der Waals surface area (Å²) >= 11 is 0. The van der Waals surface area contributed by atoms with E-state index in [0.717, 1.165) is 0 Å². The molecule has 114 valence electrons. The van der Waals surface area contributed by atoms with Gasteiger partial charge in [-0.1, -0.05) is 6.08 Å². The fourth-order valence-electron chi connectivity index (χ4n) is 1.61. The van der Waals surface area contributed by atoms with E-state index in [4.69, 9.17) is 14.6 Å². The number of Topliss-reactive ketones (excluding diaryl/α,β-unsaturated/α-hetero) is 1. The number of aliphatic hydroxyl groups is 3. The molecule has 0 aromatic rings. The highest BCUT2D eigenvalue weighted by Gasteiger charge is 2.48. The highest BCUT2D eigenvalue weighted by molar-refractivity contribution is 6.37. The number of ketones is 1. The van der Waals surface area contributed by atoms with Gasteiger partial charge in [-0.25, -0.2) is 4.79 Å². The molecule has 2 unspecified atom stereocenters. The van der Waals surface area contributed by atoms with Gasteiger partial charge in [0.2, 0.25) is 0 Å². The number of aliphatic hydroxyl groups excluding tert-OH is 3. The van der Waals surface area contributed by atoms with Gasteiger partial charge in [0.25, 0.3) is 5.78 Å². The van der Waals surface area contributed by atoms with Crippen LogP contribution in [0, 0.1) is 0 Å². The molecule has 1 aliphatic heterocycles. The van der Waals surface area contributed by atoms with Crippen molar-refractivity contribution in [3.8, 4) is 0 Å². The number of carbonyl (C=O) groups is 2. The van der Waals surface area contributed by atoms with Crippen LogP contribution in [0.4, 0.5) is 0 Å². The van der Waals surface area contributed by atoms with Crippen LogP contribution in [0.3, 0.4) is 0 Å². The molecule has 1 heterocycles. The second-order valence-corrected chi connectivity index (χ2v) is 4.22. The van der Waals surface area contributed by atoms with Gasteiger partial charge in [-0.3, -0.25) is 4.79 Å². The number of hydrogen-bond donors (Lipinski definition) is 3. The van der Waals surface area contributed by atoms with Crippen molar-refractivity contribution < 1.29 is 39.1 Å². The van der Waals surface area contributed by atoms with Gasteiger partial charge in [0.05, 0.1) is 26.4 Å². The molecule has 1 rings (SSSR count). The first kappa shape index (κ1) is 16.7. The predicted molar refractivity (Wildman–Crippen MR) is 64.7 cm³/mol. The van der Waals surface area contributed by atoms with E-state index in [1.807, 2.05) is 0 Å². The maximum absolute atomic E-state index is 11.5. The molecule has 0 amide bonds. The largest absolute Gasteiger partial charge is 0.450 e. The Labute approximate surface area is 115 Å². The molecule has 8 nitrogen and oxygen atoms in total. The fourth-order valence-corrected chi connectivity index (χ4v) is 1.61. The van der Waals surface area contributed by atoms with E-state index >= 15 is 0 Å². The van der Waals surface area contributed by atoms with Crippen LogP contribution in [-0.2, 0) is 23.8 Å². The van der Waals surface area contributed by atoms with Crippen molar-refractivity contribution >= 4 is 11.8 Å². The lowest BCUT2D eigenvalue weighted by Crippen LogP contribution is -2.42. The van der Waals surface area contributed by atoms with E-state index in [1.54, 1.807) is 0 Å². The molecule has 0 radical (unpaired) electrons. The summed E-state index contributed by atoms with van der Waals surface area (Å²) in [5.74, 6) is -2.09. The Bertz CT molecular complexity index is 355. The third-order valence-electron chi connectivity index (χ3n) is 2.58. The molecule has 0 aromatic heterocycles. The standard InChI is InChI=1S/C12H18O8/c1-2-3-18-5-7(14)6-19-11-9(16)12(17)20-10(11)8(15)4-13/h2,7-8,10-11,13-15H,1,3-6H2/t7?,8-,10+,11?/m0/s1. The van der Waals surface area contributed by atoms with Crippen LogP contribution in [-0.4, -0.2) is 77.9 Å². The summed E-state index contributed by atoms with van der Waals surface area (Å²) in [4.78, 5) is 22.6. The van der Waals surface area contributed by atoms with Gasteiger partial charge in [-0.05, 0) is 0 Å². The quantitative estimate of drug-likeness (QED) is 0.189. The van der Waals surface area contributed by atoms with E-state index in [2.05, 4.69) is 11.3 Å². The summed E-state index contributed by atoms with van der Waals surface area (Å²) in [6.07, 6.45) is -3.55. The zero-order chi connectivity index (χ0) is 15.1. The number of hydrogen-bond acceptors (Lipinski definition) is 8. The van der Waals surface area contributed by atoms with Crippen LogP contribution in [0.25, 0.3) is 0 Å². The number of cyclic esters (lactones) is 1. The molecular weight excluding hydrogens is 272 g/mol. The Kier molecular flexibility index (Phi) is 6.76. The molecular formula is C12H18O8. The fraction of sp³-hybridized carbons (Fsp3) is 0.667. The molecule has 20 heavy (non-hydrogen) atoms. The van der Waals surface area contributed by atoms with Crippen LogP contribution < -0.4 is 0 Å². The summed E-state index contributed by atoms with van der Waals surface area (Å²) in [5, 5.41) is 27.8. The van der Waals surface area contributed by atoms with E-state index < -0.39 is 42.8 Å². The number of ether oxygens (including phenoxy) is 3. The maximum Gasteiger partial charge on any atom is 0.378 e. The van der Waals surface area contributed by atoms with Crippen molar-refractivity contribution in [2.45, 2.75) is 24.4 Å². The SMILES string of the molecule is C=CCOCC(O)COC1C(=O)C(=O)O[C@@H]1[C@@H](O)CO. The lowest BCUT2D eigenvalue weighted by molar-refractivity contribution is -0.152. The van der Waals surface area contributed by atoms with Gasteiger partial charge >= 0.3 is 5.97 Å². The zero-order valence-electron chi connectivity index (χ0n) is 10.8. The minimum absolute atomic E-state index is 0.0328. The second kappa shape index (κ2) is 8.08. The van der Waals surface area contributed by atoms with Gasteiger partial charge in [-0.15, -0.1) is 6.58 Å². The third kappa shape index (κ3) is 4.36. The number of rotatable bonds is 9. The van der Waals surface area contributed by atoms with Crippen molar-refractivity contribution in [2.24, 2.45) is 0 Å². The number of esters is 1. The van der Waals surface area contributed by atoms with Crippen LogP contribution in [0.5, 0.6) is 0 Å². The lowest BCUT2D eigenvalue weighted by Gasteiger charge is -2.21. The minimum Gasteiger partial charge on any atom is -0.450 e. The molecule has 1 fully saturated rings. The molecule has 0 bridgehead atoms.